The second-order valence-electron chi connectivity index (χ2n) is 8.34. The predicted molar refractivity (Wildman–Crippen MR) is 166 cm³/mol. The maximum atomic E-state index is 12.3. The lowest BCUT2D eigenvalue weighted by atomic mass is 9.84. The molecule has 2 N–H and O–H groups in total. The molecule has 0 aliphatic heterocycles. The SMILES string of the molecule is C.C.C.C.C.C.CC(CCC(CC(C)C(=O)OCCCS(=O)(=O)O)c1ccccc1)C(=O)OCCCS(=O)(=O)O. The summed E-state index contributed by atoms with van der Waals surface area (Å²) in [5, 5.41) is 0. The summed E-state index contributed by atoms with van der Waals surface area (Å²) in [5.41, 5.74) is 1.00. The normalized spacial score (nSPS) is 12.5. The fourth-order valence-corrected chi connectivity index (χ4v) is 4.32. The predicted octanol–water partition coefficient (Wildman–Crippen LogP) is 6.67. The molecule has 1 aromatic carbocycles. The van der Waals surface area contributed by atoms with Gasteiger partial charge in [0.2, 0.25) is 0 Å². The Morgan fingerprint density at radius 3 is 1.50 bits per heavy atom. The molecule has 1 aromatic rings. The summed E-state index contributed by atoms with van der Waals surface area (Å²) in [6, 6.07) is 9.52. The van der Waals surface area contributed by atoms with Crippen LogP contribution in [0.4, 0.5) is 0 Å². The van der Waals surface area contributed by atoms with Crippen LogP contribution in [0, 0.1) is 11.8 Å². The first kappa shape index (κ1) is 50.8. The van der Waals surface area contributed by atoms with Crippen molar-refractivity contribution < 1.29 is 45.0 Å². The molecule has 0 saturated heterocycles. The van der Waals surface area contributed by atoms with Crippen molar-refractivity contribution in [1.82, 2.24) is 0 Å². The number of ether oxygens (including phenoxy) is 2. The van der Waals surface area contributed by atoms with Gasteiger partial charge in [-0.05, 0) is 43.6 Å². The monoisotopic (exact) mass is 618 g/mol. The smallest absolute Gasteiger partial charge is 0.308 e. The Balaban J connectivity index is -0.000000482. The summed E-state index contributed by atoms with van der Waals surface area (Å²) in [7, 11) is -8.20. The molecule has 3 atom stereocenters. The maximum absolute atomic E-state index is 12.3. The molecule has 12 heteroatoms. The van der Waals surface area contributed by atoms with Crippen LogP contribution in [0.25, 0.3) is 0 Å². The van der Waals surface area contributed by atoms with Gasteiger partial charge in [0.05, 0.1) is 36.6 Å². The fraction of sp³-hybridized carbons (Fsp3) is 0.714. The Morgan fingerprint density at radius 2 is 1.10 bits per heavy atom. The average molecular weight is 619 g/mol. The van der Waals surface area contributed by atoms with E-state index in [9.17, 15) is 26.4 Å². The maximum Gasteiger partial charge on any atom is 0.308 e. The zero-order valence-corrected chi connectivity index (χ0v) is 21.1. The number of hydrogen-bond acceptors (Lipinski definition) is 8. The highest BCUT2D eigenvalue weighted by molar-refractivity contribution is 7.86. The lowest BCUT2D eigenvalue weighted by molar-refractivity contribution is -0.149. The fourth-order valence-electron chi connectivity index (χ4n) is 3.35. The first-order valence-corrected chi connectivity index (χ1v) is 14.3. The van der Waals surface area contributed by atoms with Gasteiger partial charge in [-0.3, -0.25) is 18.7 Å². The quantitative estimate of drug-likeness (QED) is 0.116. The molecule has 10 nitrogen and oxygen atoms in total. The summed E-state index contributed by atoms with van der Waals surface area (Å²) in [5.74, 6) is -2.86. The van der Waals surface area contributed by atoms with E-state index >= 15 is 0 Å². The summed E-state index contributed by atoms with van der Waals surface area (Å²) in [6.07, 6.45) is 1.53. The molecular formula is C28H58O10S2. The van der Waals surface area contributed by atoms with E-state index in [4.69, 9.17) is 18.6 Å². The van der Waals surface area contributed by atoms with Gasteiger partial charge in [-0.1, -0.05) is 88.7 Å². The second-order valence-corrected chi connectivity index (χ2v) is 11.5. The van der Waals surface area contributed by atoms with Crippen LogP contribution in [0.2, 0.25) is 0 Å². The Morgan fingerprint density at radius 1 is 0.700 bits per heavy atom. The zero-order chi connectivity index (χ0) is 25.8. The van der Waals surface area contributed by atoms with Crippen molar-refractivity contribution in [3.8, 4) is 0 Å². The lowest BCUT2D eigenvalue weighted by Gasteiger charge is -2.22. The van der Waals surface area contributed by atoms with Crippen molar-refractivity contribution in [3.05, 3.63) is 35.9 Å². The molecule has 0 aromatic heterocycles. The van der Waals surface area contributed by atoms with Crippen LogP contribution in [-0.2, 0) is 39.3 Å². The minimum Gasteiger partial charge on any atom is -0.465 e. The third-order valence-corrected chi connectivity index (χ3v) is 6.85. The molecule has 0 bridgehead atoms. The van der Waals surface area contributed by atoms with Gasteiger partial charge in [0, 0.05) is 0 Å². The molecule has 0 heterocycles. The van der Waals surface area contributed by atoms with E-state index in [1.165, 1.54) is 0 Å². The van der Waals surface area contributed by atoms with Crippen LogP contribution in [0.15, 0.2) is 30.3 Å². The summed E-state index contributed by atoms with van der Waals surface area (Å²) in [6.45, 7) is 3.21. The standard InChI is InChI=1S/C22H34O10S2.6CH4/c1-17(21(23)31-12-6-14-33(25,26)27)10-11-20(19-8-4-3-5-9-19)16-18(2)22(24)32-13-7-15-34(28,29)30;;;;;;/h3-5,8-9,17-18,20H,6-7,10-16H2,1-2H3,(H,25,26,27)(H,28,29,30);6*1H4. The Labute approximate surface area is 245 Å². The van der Waals surface area contributed by atoms with E-state index < -0.39 is 55.5 Å². The molecule has 0 aliphatic carbocycles. The molecule has 0 fully saturated rings. The van der Waals surface area contributed by atoms with E-state index in [0.717, 1.165) is 5.56 Å². The topological polar surface area (TPSA) is 161 Å². The Bertz CT molecular complexity index is 978. The number of carbonyl (C=O) groups excluding carboxylic acids is 2. The molecule has 0 aliphatic rings. The van der Waals surface area contributed by atoms with Crippen LogP contribution in [-0.4, -0.2) is 62.6 Å². The molecule has 3 unspecified atom stereocenters. The van der Waals surface area contributed by atoms with Crippen molar-refractivity contribution in [1.29, 1.82) is 0 Å². The highest BCUT2D eigenvalue weighted by atomic mass is 32.2. The summed E-state index contributed by atoms with van der Waals surface area (Å²) >= 11 is 0. The molecule has 0 amide bonds. The minimum atomic E-state index is -4.10. The largest absolute Gasteiger partial charge is 0.465 e. The van der Waals surface area contributed by atoms with Crippen molar-refractivity contribution in [2.45, 2.75) is 96.4 Å². The van der Waals surface area contributed by atoms with E-state index in [1.807, 2.05) is 30.3 Å². The van der Waals surface area contributed by atoms with Gasteiger partial charge >= 0.3 is 11.9 Å². The number of esters is 2. The molecule has 0 radical (unpaired) electrons. The van der Waals surface area contributed by atoms with Crippen LogP contribution >= 0.6 is 0 Å². The van der Waals surface area contributed by atoms with Crippen LogP contribution in [0.5, 0.6) is 0 Å². The lowest BCUT2D eigenvalue weighted by Crippen LogP contribution is -2.21. The molecule has 0 saturated carbocycles. The van der Waals surface area contributed by atoms with E-state index in [1.54, 1.807) is 13.8 Å². The van der Waals surface area contributed by atoms with Crippen LogP contribution in [0.1, 0.15) is 102 Å². The van der Waals surface area contributed by atoms with Crippen molar-refractivity contribution >= 4 is 32.2 Å². The van der Waals surface area contributed by atoms with Gasteiger partial charge in [-0.2, -0.15) is 16.8 Å². The van der Waals surface area contributed by atoms with Crippen molar-refractivity contribution in [2.75, 3.05) is 24.7 Å². The third-order valence-electron chi connectivity index (χ3n) is 5.24. The number of hydrogen-bond donors (Lipinski definition) is 2. The molecule has 40 heavy (non-hydrogen) atoms. The third kappa shape index (κ3) is 23.8. The molecule has 242 valence electrons. The first-order valence-electron chi connectivity index (χ1n) is 11.1. The van der Waals surface area contributed by atoms with Crippen molar-refractivity contribution in [2.24, 2.45) is 11.8 Å². The summed E-state index contributed by atoms with van der Waals surface area (Å²) in [4.78, 5) is 24.5. The van der Waals surface area contributed by atoms with E-state index in [-0.39, 0.29) is 76.5 Å². The van der Waals surface area contributed by atoms with Gasteiger partial charge in [-0.25, -0.2) is 0 Å². The summed E-state index contributed by atoms with van der Waals surface area (Å²) < 4.78 is 70.6. The van der Waals surface area contributed by atoms with Crippen molar-refractivity contribution in [3.63, 3.8) is 0 Å². The highest BCUT2D eigenvalue weighted by Crippen LogP contribution is 2.30. The van der Waals surface area contributed by atoms with Gasteiger partial charge < -0.3 is 9.47 Å². The number of benzene rings is 1. The van der Waals surface area contributed by atoms with Gasteiger partial charge in [-0.15, -0.1) is 0 Å². The number of carbonyl (C=O) groups is 2. The average Bonchev–Trinajstić information content (AvgIpc) is 2.75. The zero-order valence-electron chi connectivity index (χ0n) is 19.5. The van der Waals surface area contributed by atoms with Crippen LogP contribution < -0.4 is 0 Å². The molecule has 0 spiro atoms. The van der Waals surface area contributed by atoms with E-state index in [0.29, 0.717) is 19.3 Å². The molecule has 1 rings (SSSR count). The molecular weight excluding hydrogens is 560 g/mol. The van der Waals surface area contributed by atoms with Gasteiger partial charge in [0.1, 0.15) is 0 Å². The number of rotatable bonds is 16. The highest BCUT2D eigenvalue weighted by Gasteiger charge is 2.24. The first-order chi connectivity index (χ1) is 15.8. The minimum absolute atomic E-state index is 0. The van der Waals surface area contributed by atoms with Crippen LogP contribution in [0.3, 0.4) is 0 Å². The Kier molecular flexibility index (Phi) is 31.4. The van der Waals surface area contributed by atoms with E-state index in [2.05, 4.69) is 0 Å². The second kappa shape index (κ2) is 24.8. The Hall–Kier alpha value is -2.02. The van der Waals surface area contributed by atoms with Gasteiger partial charge in [0.15, 0.2) is 0 Å². The van der Waals surface area contributed by atoms with Gasteiger partial charge in [0.25, 0.3) is 20.2 Å².